The molecule has 7 unspecified atom stereocenters. The number of carboxylic acid groups (broad SMARTS) is 2. The molecule has 3 saturated carbocycles. The molecule has 9 nitrogen and oxygen atoms in total. The molecule has 0 amide bonds. The van der Waals surface area contributed by atoms with Gasteiger partial charge in [0.25, 0.3) is 0 Å². The molecule has 5 aliphatic rings. The van der Waals surface area contributed by atoms with Gasteiger partial charge in [0.15, 0.2) is 5.78 Å². The zero-order valence-electron chi connectivity index (χ0n) is 27.4. The molecule has 252 valence electrons. The topological polar surface area (TPSA) is 131 Å². The highest BCUT2D eigenvalue weighted by molar-refractivity contribution is 5.97. The van der Waals surface area contributed by atoms with E-state index in [-0.39, 0.29) is 41.4 Å². The Bertz CT molecular complexity index is 1300. The first-order valence-corrected chi connectivity index (χ1v) is 17.5. The van der Waals surface area contributed by atoms with Crippen molar-refractivity contribution in [2.75, 3.05) is 19.8 Å². The van der Waals surface area contributed by atoms with Crippen LogP contribution >= 0.6 is 0 Å². The zero-order valence-corrected chi connectivity index (χ0v) is 27.4. The van der Waals surface area contributed by atoms with Gasteiger partial charge in [0, 0.05) is 29.8 Å². The lowest BCUT2D eigenvalue weighted by Crippen LogP contribution is -2.64. The monoisotopic (exact) mass is 637 g/mol. The summed E-state index contributed by atoms with van der Waals surface area (Å²) in [6.45, 7) is 8.36. The molecule has 6 rings (SSSR count). The van der Waals surface area contributed by atoms with Gasteiger partial charge in [-0.3, -0.25) is 9.59 Å². The van der Waals surface area contributed by atoms with Crippen LogP contribution in [0.4, 0.5) is 4.79 Å². The van der Waals surface area contributed by atoms with Crippen molar-refractivity contribution >= 4 is 17.9 Å². The van der Waals surface area contributed by atoms with E-state index in [0.29, 0.717) is 38.7 Å². The Kier molecular flexibility index (Phi) is 9.93. The van der Waals surface area contributed by atoms with Gasteiger partial charge in [-0.15, -0.1) is 0 Å². The summed E-state index contributed by atoms with van der Waals surface area (Å²) in [5.41, 5.74) is 1.73. The Morgan fingerprint density at radius 2 is 1.87 bits per heavy atom. The first-order valence-electron chi connectivity index (χ1n) is 17.5. The van der Waals surface area contributed by atoms with Crippen LogP contribution in [0.1, 0.15) is 71.3 Å². The van der Waals surface area contributed by atoms with Crippen molar-refractivity contribution < 1.29 is 38.8 Å². The summed E-state index contributed by atoms with van der Waals surface area (Å²) in [7, 11) is 0. The van der Waals surface area contributed by atoms with E-state index >= 15 is 0 Å². The van der Waals surface area contributed by atoms with E-state index in [2.05, 4.69) is 38.2 Å². The number of allylic oxidation sites excluding steroid dienone is 1. The van der Waals surface area contributed by atoms with Gasteiger partial charge in [0.05, 0.1) is 31.8 Å². The number of carbonyl (C=O) groups excluding carboxylic acids is 1. The fraction of sp³-hybridized carbons (Fsp3) is 0.703. The maximum atomic E-state index is 14.0. The van der Waals surface area contributed by atoms with Crippen LogP contribution in [0.25, 0.3) is 0 Å². The maximum absolute atomic E-state index is 14.0. The number of benzene rings is 1. The minimum absolute atomic E-state index is 0.00427. The van der Waals surface area contributed by atoms with Gasteiger partial charge < -0.3 is 29.7 Å². The Morgan fingerprint density at radius 3 is 2.57 bits per heavy atom. The fourth-order valence-corrected chi connectivity index (χ4v) is 10.3. The van der Waals surface area contributed by atoms with Gasteiger partial charge in [-0.1, -0.05) is 56.7 Å². The molecular formula is C37H51NO8. The van der Waals surface area contributed by atoms with Crippen molar-refractivity contribution in [2.24, 2.45) is 52.8 Å². The number of carbonyl (C=O) groups is 3. The summed E-state index contributed by atoms with van der Waals surface area (Å²) in [6.07, 6.45) is 4.88. The van der Waals surface area contributed by atoms with Gasteiger partial charge >= 0.3 is 12.1 Å². The smallest absolute Gasteiger partial charge is 0.481 e. The van der Waals surface area contributed by atoms with Crippen LogP contribution in [0.5, 0.6) is 0 Å². The lowest BCUT2D eigenvalue weighted by atomic mass is 9.45. The van der Waals surface area contributed by atoms with E-state index in [9.17, 15) is 24.6 Å². The third-order valence-electron chi connectivity index (χ3n) is 12.1. The molecule has 0 spiro atoms. The van der Waals surface area contributed by atoms with Crippen LogP contribution < -0.4 is 5.32 Å². The SMILES string of the molecule is CCC(CO[C@@H]1C2COC[C@@]3(C[C@H]1OC(=O)O)C1=CC(=O)C4C(CCC(CC(C)C)[C@H]4C(=O)O)C1CCC23)NCc1ccccc1. The van der Waals surface area contributed by atoms with Crippen LogP contribution in [0, 0.1) is 52.8 Å². The average molecular weight is 638 g/mol. The third-order valence-corrected chi connectivity index (χ3v) is 12.1. The largest absolute Gasteiger partial charge is 0.506 e. The van der Waals surface area contributed by atoms with Gasteiger partial charge in [-0.05, 0) is 86.2 Å². The Morgan fingerprint density at radius 1 is 1.09 bits per heavy atom. The molecule has 4 aliphatic carbocycles. The fourth-order valence-electron chi connectivity index (χ4n) is 10.3. The van der Waals surface area contributed by atoms with Crippen LogP contribution in [0.2, 0.25) is 0 Å². The van der Waals surface area contributed by atoms with Crippen molar-refractivity contribution in [1.29, 1.82) is 0 Å². The molecule has 9 heteroatoms. The summed E-state index contributed by atoms with van der Waals surface area (Å²) in [6, 6.07) is 10.3. The van der Waals surface area contributed by atoms with Crippen molar-refractivity contribution in [2.45, 2.75) is 90.5 Å². The summed E-state index contributed by atoms with van der Waals surface area (Å²) < 4.78 is 18.5. The molecule has 2 bridgehead atoms. The predicted octanol–water partition coefficient (Wildman–Crippen LogP) is 5.96. The van der Waals surface area contributed by atoms with E-state index in [0.717, 1.165) is 44.1 Å². The number of hydrogen-bond donors (Lipinski definition) is 3. The van der Waals surface area contributed by atoms with Crippen LogP contribution in [0.3, 0.4) is 0 Å². The lowest BCUT2D eigenvalue weighted by Gasteiger charge is -2.62. The van der Waals surface area contributed by atoms with Gasteiger partial charge in [-0.2, -0.15) is 0 Å². The summed E-state index contributed by atoms with van der Waals surface area (Å²) in [4.78, 5) is 38.7. The number of carboxylic acids is 1. The molecule has 3 N–H and O–H groups in total. The second kappa shape index (κ2) is 13.8. The van der Waals surface area contributed by atoms with Crippen molar-refractivity contribution in [3.05, 3.63) is 47.5 Å². The van der Waals surface area contributed by atoms with Gasteiger partial charge in [-0.25, -0.2) is 4.79 Å². The number of aliphatic carboxylic acids is 1. The van der Waals surface area contributed by atoms with Crippen LogP contribution in [-0.2, 0) is 30.3 Å². The maximum Gasteiger partial charge on any atom is 0.506 e. The molecule has 4 fully saturated rings. The van der Waals surface area contributed by atoms with Crippen molar-refractivity contribution in [1.82, 2.24) is 5.32 Å². The average Bonchev–Trinajstić information content (AvgIpc) is 3.01. The van der Waals surface area contributed by atoms with E-state index in [4.69, 9.17) is 14.2 Å². The Balaban J connectivity index is 1.25. The highest BCUT2D eigenvalue weighted by Gasteiger charge is 2.64. The number of rotatable bonds is 11. The van der Waals surface area contributed by atoms with Crippen LogP contribution in [0.15, 0.2) is 42.0 Å². The van der Waals surface area contributed by atoms with Gasteiger partial charge in [0.2, 0.25) is 0 Å². The predicted molar refractivity (Wildman–Crippen MR) is 171 cm³/mol. The van der Waals surface area contributed by atoms with E-state index in [1.807, 2.05) is 18.2 Å². The first kappa shape index (κ1) is 33.2. The quantitative estimate of drug-likeness (QED) is 0.251. The summed E-state index contributed by atoms with van der Waals surface area (Å²) in [5.74, 6) is -1.52. The minimum atomic E-state index is -1.32. The Labute approximate surface area is 272 Å². The summed E-state index contributed by atoms with van der Waals surface area (Å²) >= 11 is 0. The second-order valence-corrected chi connectivity index (χ2v) is 15.0. The zero-order chi connectivity index (χ0) is 32.6. The minimum Gasteiger partial charge on any atom is -0.481 e. The number of ether oxygens (including phenoxy) is 3. The molecule has 0 aromatic heterocycles. The lowest BCUT2D eigenvalue weighted by molar-refractivity contribution is -0.218. The molecule has 1 aliphatic heterocycles. The molecule has 11 atom stereocenters. The first-order chi connectivity index (χ1) is 22.1. The normalized spacial score (nSPS) is 37.3. The number of hydrogen-bond acceptors (Lipinski definition) is 7. The van der Waals surface area contributed by atoms with Crippen molar-refractivity contribution in [3.8, 4) is 0 Å². The molecule has 1 aromatic rings. The van der Waals surface area contributed by atoms with E-state index in [1.54, 1.807) is 6.08 Å². The van der Waals surface area contributed by atoms with E-state index in [1.165, 1.54) is 5.56 Å². The summed E-state index contributed by atoms with van der Waals surface area (Å²) in [5, 5.41) is 23.8. The standard InChI is InChI=1S/C37H51NO8/c1-4-24(38-17-22-8-6-5-7-9-22)18-45-34-27-19-44-20-37(16-31(34)46-36(42)43)28(27)13-12-25-26-11-10-23(14-21(2)3)32(35(40)41)33(26)30(39)15-29(25)37/h5-9,15,21,23-28,31-34,38H,4,10-14,16-20H2,1-3H3,(H,40,41)(H,42,43)/t23?,24?,25?,26?,27?,28?,31-,32-,33?,34-,37-/m1/s1. The highest BCUT2D eigenvalue weighted by atomic mass is 16.7. The number of fused-ring (bicyclic) bond motifs is 3. The highest BCUT2D eigenvalue weighted by Crippen LogP contribution is 2.64. The second-order valence-electron chi connectivity index (χ2n) is 15.0. The van der Waals surface area contributed by atoms with Gasteiger partial charge in [0.1, 0.15) is 6.10 Å². The molecule has 0 radical (unpaired) electrons. The molecular weight excluding hydrogens is 586 g/mol. The molecule has 1 saturated heterocycles. The van der Waals surface area contributed by atoms with E-state index < -0.39 is 41.6 Å². The van der Waals surface area contributed by atoms with Crippen molar-refractivity contribution in [3.63, 3.8) is 0 Å². The third kappa shape index (κ3) is 6.27. The number of nitrogens with one attached hydrogen (secondary N) is 1. The van der Waals surface area contributed by atoms with Crippen LogP contribution in [-0.4, -0.2) is 66.2 Å². The Hall–Kier alpha value is -2.75. The number of ketones is 1. The molecule has 1 heterocycles. The molecule has 1 aromatic carbocycles. The molecule has 46 heavy (non-hydrogen) atoms.